The summed E-state index contributed by atoms with van der Waals surface area (Å²) in [6.07, 6.45) is 0.217. The Labute approximate surface area is 103 Å². The van der Waals surface area contributed by atoms with E-state index in [-0.39, 0.29) is 23.9 Å². The van der Waals surface area contributed by atoms with Crippen LogP contribution in [0.4, 0.5) is 15.8 Å². The zero-order valence-electron chi connectivity index (χ0n) is 9.85. The highest BCUT2D eigenvalue weighted by Gasteiger charge is 2.15. The molecule has 0 aliphatic heterocycles. The number of nitrogens with two attached hydrogens (primary N) is 1. The lowest BCUT2D eigenvalue weighted by Gasteiger charge is -2.09. The van der Waals surface area contributed by atoms with Gasteiger partial charge in [-0.05, 0) is 18.5 Å². The molecular weight excluding hydrogens is 241 g/mol. The number of nitro benzene ring substituents is 1. The molecule has 0 fully saturated rings. The van der Waals surface area contributed by atoms with Gasteiger partial charge in [0.15, 0.2) is 0 Å². The molecule has 98 valence electrons. The predicted octanol–water partition coefficient (Wildman–Crippen LogP) is 1.66. The predicted molar refractivity (Wildman–Crippen MR) is 64.5 cm³/mol. The van der Waals surface area contributed by atoms with Crippen molar-refractivity contribution in [1.29, 1.82) is 0 Å². The summed E-state index contributed by atoms with van der Waals surface area (Å²) >= 11 is 0. The Morgan fingerprint density at radius 3 is 2.78 bits per heavy atom. The molecule has 0 spiro atoms. The summed E-state index contributed by atoms with van der Waals surface area (Å²) < 4.78 is 13.3. The van der Waals surface area contributed by atoms with Gasteiger partial charge >= 0.3 is 5.69 Å². The van der Waals surface area contributed by atoms with E-state index >= 15 is 0 Å². The van der Waals surface area contributed by atoms with Crippen molar-refractivity contribution in [3.8, 4) is 0 Å². The molecule has 6 nitrogen and oxygen atoms in total. The third-order valence-corrected chi connectivity index (χ3v) is 2.36. The van der Waals surface area contributed by atoms with Gasteiger partial charge in [-0.15, -0.1) is 0 Å². The molecular formula is C11H14FN3O3. The summed E-state index contributed by atoms with van der Waals surface area (Å²) in [4.78, 5) is 21.1. The van der Waals surface area contributed by atoms with Crippen molar-refractivity contribution in [3.63, 3.8) is 0 Å². The van der Waals surface area contributed by atoms with Gasteiger partial charge in [-0.25, -0.2) is 0 Å². The SMILES string of the molecule is CC(CN)CC(=O)Nc1ccc([N+](=O)[O-])c(F)c1. The molecule has 1 atom stereocenters. The summed E-state index contributed by atoms with van der Waals surface area (Å²) in [6, 6.07) is 3.21. The number of carbonyl (C=O) groups excluding carboxylic acids is 1. The van der Waals surface area contributed by atoms with Gasteiger partial charge in [0, 0.05) is 24.2 Å². The molecule has 1 aromatic carbocycles. The van der Waals surface area contributed by atoms with Gasteiger partial charge in [-0.2, -0.15) is 4.39 Å². The first kappa shape index (κ1) is 14.0. The molecule has 1 aromatic rings. The average molecular weight is 255 g/mol. The van der Waals surface area contributed by atoms with Gasteiger partial charge in [0.25, 0.3) is 0 Å². The van der Waals surface area contributed by atoms with Crippen molar-refractivity contribution >= 4 is 17.3 Å². The molecule has 0 aliphatic rings. The maximum Gasteiger partial charge on any atom is 0.304 e. The fourth-order valence-electron chi connectivity index (χ4n) is 1.34. The average Bonchev–Trinajstić information content (AvgIpc) is 2.28. The minimum atomic E-state index is -0.982. The molecule has 0 radical (unpaired) electrons. The molecule has 0 aromatic heterocycles. The van der Waals surface area contributed by atoms with Crippen molar-refractivity contribution in [2.75, 3.05) is 11.9 Å². The van der Waals surface area contributed by atoms with Crippen molar-refractivity contribution in [1.82, 2.24) is 0 Å². The smallest absolute Gasteiger partial charge is 0.304 e. The van der Waals surface area contributed by atoms with Crippen LogP contribution in [0.5, 0.6) is 0 Å². The third kappa shape index (κ3) is 3.77. The van der Waals surface area contributed by atoms with E-state index in [1.807, 2.05) is 6.92 Å². The van der Waals surface area contributed by atoms with Crippen molar-refractivity contribution in [3.05, 3.63) is 34.1 Å². The van der Waals surface area contributed by atoms with Gasteiger partial charge < -0.3 is 11.1 Å². The molecule has 0 aliphatic carbocycles. The molecule has 1 unspecified atom stereocenters. The Hall–Kier alpha value is -2.02. The number of hydrogen-bond donors (Lipinski definition) is 2. The highest BCUT2D eigenvalue weighted by atomic mass is 19.1. The fraction of sp³-hybridized carbons (Fsp3) is 0.364. The molecule has 3 N–H and O–H groups in total. The van der Waals surface area contributed by atoms with Crippen molar-refractivity contribution in [2.45, 2.75) is 13.3 Å². The first-order chi connectivity index (χ1) is 8.43. The highest BCUT2D eigenvalue weighted by Crippen LogP contribution is 2.21. The maximum absolute atomic E-state index is 13.3. The lowest BCUT2D eigenvalue weighted by atomic mass is 10.1. The number of rotatable bonds is 5. The van der Waals surface area contributed by atoms with E-state index in [2.05, 4.69) is 5.32 Å². The fourth-order valence-corrected chi connectivity index (χ4v) is 1.34. The Kier molecular flexibility index (Phi) is 4.73. The molecule has 18 heavy (non-hydrogen) atoms. The number of carbonyl (C=O) groups is 1. The summed E-state index contributed by atoms with van der Waals surface area (Å²) in [5.74, 6) is -1.27. The Morgan fingerprint density at radius 1 is 1.61 bits per heavy atom. The molecule has 0 bridgehead atoms. The second-order valence-corrected chi connectivity index (χ2v) is 4.02. The first-order valence-corrected chi connectivity index (χ1v) is 5.38. The Bertz CT molecular complexity index is 465. The Morgan fingerprint density at radius 2 is 2.28 bits per heavy atom. The second-order valence-electron chi connectivity index (χ2n) is 4.02. The largest absolute Gasteiger partial charge is 0.330 e. The van der Waals surface area contributed by atoms with E-state index in [9.17, 15) is 19.3 Å². The topological polar surface area (TPSA) is 98.3 Å². The molecule has 0 saturated heterocycles. The number of halogens is 1. The minimum absolute atomic E-state index is 0.0212. The summed E-state index contributed by atoms with van der Waals surface area (Å²) in [5, 5.41) is 12.9. The molecule has 0 heterocycles. The van der Waals surface area contributed by atoms with Crippen LogP contribution in [-0.4, -0.2) is 17.4 Å². The standard InChI is InChI=1S/C11H14FN3O3/c1-7(6-13)4-11(16)14-8-2-3-10(15(17)18)9(12)5-8/h2-3,5,7H,4,6,13H2,1H3,(H,14,16). The van der Waals surface area contributed by atoms with E-state index < -0.39 is 16.4 Å². The minimum Gasteiger partial charge on any atom is -0.330 e. The van der Waals surface area contributed by atoms with Crippen LogP contribution in [0.3, 0.4) is 0 Å². The zero-order chi connectivity index (χ0) is 13.7. The van der Waals surface area contributed by atoms with E-state index in [0.717, 1.165) is 12.1 Å². The number of nitrogens with one attached hydrogen (secondary N) is 1. The van der Waals surface area contributed by atoms with Crippen LogP contribution in [0.2, 0.25) is 0 Å². The normalized spacial score (nSPS) is 11.9. The number of amides is 1. The Balaban J connectivity index is 2.72. The molecule has 7 heteroatoms. The van der Waals surface area contributed by atoms with Crippen LogP contribution in [0.15, 0.2) is 18.2 Å². The van der Waals surface area contributed by atoms with Crippen LogP contribution in [0, 0.1) is 21.8 Å². The lowest BCUT2D eigenvalue weighted by Crippen LogP contribution is -2.20. The lowest BCUT2D eigenvalue weighted by molar-refractivity contribution is -0.387. The third-order valence-electron chi connectivity index (χ3n) is 2.36. The zero-order valence-corrected chi connectivity index (χ0v) is 9.85. The molecule has 1 rings (SSSR count). The summed E-state index contributed by atoms with van der Waals surface area (Å²) in [7, 11) is 0. The second kappa shape index (κ2) is 6.06. The van der Waals surface area contributed by atoms with Crippen LogP contribution in [-0.2, 0) is 4.79 Å². The van der Waals surface area contributed by atoms with E-state index in [0.29, 0.717) is 6.54 Å². The molecule has 0 saturated carbocycles. The monoisotopic (exact) mass is 255 g/mol. The van der Waals surface area contributed by atoms with Gasteiger partial charge in [-0.1, -0.05) is 6.92 Å². The number of nitro groups is 1. The number of nitrogens with zero attached hydrogens (tertiary/aromatic N) is 1. The van der Waals surface area contributed by atoms with Crippen molar-refractivity contribution in [2.24, 2.45) is 11.7 Å². The van der Waals surface area contributed by atoms with Gasteiger partial charge in [0.2, 0.25) is 11.7 Å². The summed E-state index contributed by atoms with van der Waals surface area (Å²) in [6.45, 7) is 2.19. The number of anilines is 1. The number of benzene rings is 1. The van der Waals surface area contributed by atoms with Gasteiger partial charge in [0.05, 0.1) is 4.92 Å². The van der Waals surface area contributed by atoms with Gasteiger partial charge in [0.1, 0.15) is 0 Å². The number of hydrogen-bond acceptors (Lipinski definition) is 4. The van der Waals surface area contributed by atoms with Crippen molar-refractivity contribution < 1.29 is 14.1 Å². The quantitative estimate of drug-likeness (QED) is 0.617. The molecule has 1 amide bonds. The van der Waals surface area contributed by atoms with Crippen LogP contribution >= 0.6 is 0 Å². The van der Waals surface area contributed by atoms with E-state index in [1.165, 1.54) is 6.07 Å². The first-order valence-electron chi connectivity index (χ1n) is 5.38. The van der Waals surface area contributed by atoms with Crippen LogP contribution in [0.1, 0.15) is 13.3 Å². The van der Waals surface area contributed by atoms with Gasteiger partial charge in [-0.3, -0.25) is 14.9 Å². The summed E-state index contributed by atoms with van der Waals surface area (Å²) in [5.41, 5.74) is 4.94. The van der Waals surface area contributed by atoms with Crippen LogP contribution < -0.4 is 11.1 Å². The maximum atomic E-state index is 13.3. The van der Waals surface area contributed by atoms with E-state index in [4.69, 9.17) is 5.73 Å². The van der Waals surface area contributed by atoms with Crippen LogP contribution in [0.25, 0.3) is 0 Å². The van der Waals surface area contributed by atoms with E-state index in [1.54, 1.807) is 0 Å². The highest BCUT2D eigenvalue weighted by molar-refractivity contribution is 5.90.